The molecule has 0 unspecified atom stereocenters. The zero-order valence-corrected chi connectivity index (χ0v) is 15.6. The summed E-state index contributed by atoms with van der Waals surface area (Å²) in [5.74, 6) is -0.712. The van der Waals surface area contributed by atoms with Crippen molar-refractivity contribution in [1.82, 2.24) is 10.3 Å². The minimum Gasteiger partial charge on any atom is -0.452 e. The van der Waals surface area contributed by atoms with Gasteiger partial charge in [0, 0.05) is 5.75 Å². The lowest BCUT2D eigenvalue weighted by Crippen LogP contribution is -2.37. The van der Waals surface area contributed by atoms with E-state index in [2.05, 4.69) is 4.98 Å². The van der Waals surface area contributed by atoms with Crippen molar-refractivity contribution in [3.63, 3.8) is 0 Å². The Hall–Kier alpha value is -2.91. The first kappa shape index (κ1) is 18.9. The topological polar surface area (TPSA) is 111 Å². The quantitative estimate of drug-likeness (QED) is 0.485. The lowest BCUT2D eigenvalue weighted by molar-refractivity contribution is -0.123. The van der Waals surface area contributed by atoms with Crippen molar-refractivity contribution < 1.29 is 19.1 Å². The summed E-state index contributed by atoms with van der Waals surface area (Å²) < 4.78 is 6.96. The van der Waals surface area contributed by atoms with Crippen LogP contribution in [0.3, 0.4) is 0 Å². The molecule has 1 aromatic heterocycles. The van der Waals surface area contributed by atoms with Crippen molar-refractivity contribution >= 4 is 51.2 Å². The van der Waals surface area contributed by atoms with Crippen LogP contribution in [0.25, 0.3) is 10.2 Å². The van der Waals surface area contributed by atoms with E-state index in [4.69, 9.17) is 10.5 Å². The molecule has 138 valence electrons. The SMILES string of the molecule is NC(=O)NC(=O)COC(=O)c1ccc(CSc2nc3ccccc3s2)cc1. The van der Waals surface area contributed by atoms with E-state index in [1.54, 1.807) is 35.2 Å². The fourth-order valence-corrected chi connectivity index (χ4v) is 4.21. The number of esters is 1. The fraction of sp³-hybridized carbons (Fsp3) is 0.111. The largest absolute Gasteiger partial charge is 0.452 e. The van der Waals surface area contributed by atoms with Crippen LogP contribution in [0.15, 0.2) is 52.9 Å². The van der Waals surface area contributed by atoms with Gasteiger partial charge in [0.05, 0.1) is 15.8 Å². The maximum absolute atomic E-state index is 11.9. The van der Waals surface area contributed by atoms with E-state index >= 15 is 0 Å². The number of aromatic nitrogens is 1. The van der Waals surface area contributed by atoms with Crippen molar-refractivity contribution in [3.8, 4) is 0 Å². The Labute approximate surface area is 162 Å². The van der Waals surface area contributed by atoms with Gasteiger partial charge in [-0.05, 0) is 29.8 Å². The molecule has 0 radical (unpaired) electrons. The van der Waals surface area contributed by atoms with Crippen LogP contribution in [-0.2, 0) is 15.3 Å². The third kappa shape index (κ3) is 5.28. The molecular formula is C18H15N3O4S2. The Morgan fingerprint density at radius 1 is 1.11 bits per heavy atom. The first-order valence-corrected chi connectivity index (χ1v) is 9.65. The molecule has 0 bridgehead atoms. The van der Waals surface area contributed by atoms with Crippen LogP contribution >= 0.6 is 23.1 Å². The van der Waals surface area contributed by atoms with E-state index in [9.17, 15) is 14.4 Å². The van der Waals surface area contributed by atoms with Gasteiger partial charge in [-0.15, -0.1) is 11.3 Å². The Morgan fingerprint density at radius 2 is 1.85 bits per heavy atom. The van der Waals surface area contributed by atoms with Crippen molar-refractivity contribution in [2.75, 3.05) is 6.61 Å². The number of nitrogens with one attached hydrogen (secondary N) is 1. The van der Waals surface area contributed by atoms with Gasteiger partial charge in [0.15, 0.2) is 10.9 Å². The Kier molecular flexibility index (Phi) is 6.05. The molecule has 9 heteroatoms. The molecule has 0 aliphatic carbocycles. The number of carbonyl (C=O) groups is 3. The van der Waals surface area contributed by atoms with Crippen molar-refractivity contribution in [2.24, 2.45) is 5.73 Å². The summed E-state index contributed by atoms with van der Waals surface area (Å²) in [6, 6.07) is 13.9. The van der Waals surface area contributed by atoms with E-state index in [1.165, 1.54) is 0 Å². The molecule has 0 saturated carbocycles. The summed E-state index contributed by atoms with van der Waals surface area (Å²) in [6.07, 6.45) is 0. The maximum Gasteiger partial charge on any atom is 0.338 e. The number of nitrogens with zero attached hydrogens (tertiary/aromatic N) is 1. The van der Waals surface area contributed by atoms with E-state index < -0.39 is 24.5 Å². The zero-order valence-electron chi connectivity index (χ0n) is 14.0. The van der Waals surface area contributed by atoms with Gasteiger partial charge in [0.1, 0.15) is 0 Å². The number of benzene rings is 2. The van der Waals surface area contributed by atoms with E-state index in [1.807, 2.05) is 41.7 Å². The van der Waals surface area contributed by atoms with E-state index in [-0.39, 0.29) is 0 Å². The van der Waals surface area contributed by atoms with Crippen LogP contribution in [0.4, 0.5) is 4.79 Å². The number of imide groups is 1. The lowest BCUT2D eigenvalue weighted by Gasteiger charge is -2.05. The molecule has 27 heavy (non-hydrogen) atoms. The summed E-state index contributed by atoms with van der Waals surface area (Å²) in [6.45, 7) is -0.572. The highest BCUT2D eigenvalue weighted by atomic mass is 32.2. The number of hydrogen-bond acceptors (Lipinski definition) is 7. The summed E-state index contributed by atoms with van der Waals surface area (Å²) in [5, 5.41) is 1.82. The lowest BCUT2D eigenvalue weighted by atomic mass is 10.1. The number of carbonyl (C=O) groups excluding carboxylic acids is 3. The molecule has 7 nitrogen and oxygen atoms in total. The van der Waals surface area contributed by atoms with Crippen molar-refractivity contribution in [3.05, 3.63) is 59.7 Å². The molecule has 0 aliphatic heterocycles. The standard InChI is InChI=1S/C18H15N3O4S2/c19-17(24)21-15(22)9-25-16(23)12-7-5-11(6-8-12)10-26-18-20-13-3-1-2-4-14(13)27-18/h1-8H,9-10H2,(H3,19,21,22,24). The van der Waals surface area contributed by atoms with Gasteiger partial charge < -0.3 is 10.5 Å². The van der Waals surface area contributed by atoms with E-state index in [0.717, 1.165) is 25.9 Å². The minimum atomic E-state index is -0.994. The van der Waals surface area contributed by atoms with Gasteiger partial charge in [-0.3, -0.25) is 10.1 Å². The van der Waals surface area contributed by atoms with Gasteiger partial charge in [-0.25, -0.2) is 14.6 Å². The highest BCUT2D eigenvalue weighted by Crippen LogP contribution is 2.31. The van der Waals surface area contributed by atoms with Crippen LogP contribution in [0, 0.1) is 0 Å². The molecule has 3 aromatic rings. The highest BCUT2D eigenvalue weighted by molar-refractivity contribution is 8.00. The number of rotatable bonds is 6. The molecule has 3 rings (SSSR count). The Bertz CT molecular complexity index is 953. The number of amides is 3. The van der Waals surface area contributed by atoms with Gasteiger partial charge in [0.2, 0.25) is 0 Å². The number of thiazole rings is 1. The number of fused-ring (bicyclic) bond motifs is 1. The minimum absolute atomic E-state index is 0.315. The molecule has 3 N–H and O–H groups in total. The van der Waals surface area contributed by atoms with Crippen LogP contribution in [0.1, 0.15) is 15.9 Å². The number of nitrogens with two attached hydrogens (primary N) is 1. The van der Waals surface area contributed by atoms with Crippen molar-refractivity contribution in [2.45, 2.75) is 10.1 Å². The van der Waals surface area contributed by atoms with Gasteiger partial charge in [-0.1, -0.05) is 36.0 Å². The normalized spacial score (nSPS) is 10.5. The smallest absolute Gasteiger partial charge is 0.338 e. The van der Waals surface area contributed by atoms with Gasteiger partial charge in [0.25, 0.3) is 5.91 Å². The predicted octanol–water partition coefficient (Wildman–Crippen LogP) is 2.94. The number of ether oxygens (including phenoxy) is 1. The third-order valence-corrected chi connectivity index (χ3v) is 5.67. The zero-order chi connectivity index (χ0) is 19.2. The first-order valence-electron chi connectivity index (χ1n) is 7.85. The Morgan fingerprint density at radius 3 is 2.56 bits per heavy atom. The predicted molar refractivity (Wildman–Crippen MR) is 104 cm³/mol. The monoisotopic (exact) mass is 401 g/mol. The second-order valence-electron chi connectivity index (χ2n) is 5.42. The summed E-state index contributed by atoms with van der Waals surface area (Å²) in [7, 11) is 0. The summed E-state index contributed by atoms with van der Waals surface area (Å²) in [5.41, 5.74) is 7.14. The number of primary amides is 1. The van der Waals surface area contributed by atoms with Crippen LogP contribution < -0.4 is 11.1 Å². The summed E-state index contributed by atoms with van der Waals surface area (Å²) >= 11 is 3.27. The fourth-order valence-electron chi connectivity index (χ4n) is 2.18. The molecular weight excluding hydrogens is 386 g/mol. The van der Waals surface area contributed by atoms with Crippen LogP contribution in [0.5, 0.6) is 0 Å². The highest BCUT2D eigenvalue weighted by Gasteiger charge is 2.11. The number of urea groups is 1. The molecule has 0 atom stereocenters. The molecule has 1 heterocycles. The van der Waals surface area contributed by atoms with E-state index in [0.29, 0.717) is 5.56 Å². The van der Waals surface area contributed by atoms with Crippen LogP contribution in [-0.4, -0.2) is 29.5 Å². The molecule has 2 aromatic carbocycles. The maximum atomic E-state index is 11.9. The number of thioether (sulfide) groups is 1. The number of hydrogen-bond donors (Lipinski definition) is 2. The molecule has 0 saturated heterocycles. The average molecular weight is 401 g/mol. The van der Waals surface area contributed by atoms with Crippen molar-refractivity contribution in [1.29, 1.82) is 0 Å². The second kappa shape index (κ2) is 8.65. The Balaban J connectivity index is 1.52. The molecule has 0 fully saturated rings. The summed E-state index contributed by atoms with van der Waals surface area (Å²) in [4.78, 5) is 38.2. The van der Waals surface area contributed by atoms with Gasteiger partial charge in [-0.2, -0.15) is 0 Å². The average Bonchev–Trinajstić information content (AvgIpc) is 3.07. The molecule has 3 amide bonds. The second-order valence-corrected chi connectivity index (χ2v) is 7.67. The molecule has 0 aliphatic rings. The number of para-hydroxylation sites is 1. The first-order chi connectivity index (χ1) is 13.0. The van der Waals surface area contributed by atoms with Crippen LogP contribution in [0.2, 0.25) is 0 Å². The third-order valence-electron chi connectivity index (χ3n) is 3.42. The molecule has 0 spiro atoms. The van der Waals surface area contributed by atoms with Gasteiger partial charge >= 0.3 is 12.0 Å².